The number of amides is 2. The van der Waals surface area contributed by atoms with Crippen LogP contribution in [0.25, 0.3) is 0 Å². The Hall–Kier alpha value is -3.44. The number of rotatable bonds is 4. The summed E-state index contributed by atoms with van der Waals surface area (Å²) in [5, 5.41) is 14.3. The van der Waals surface area contributed by atoms with E-state index in [9.17, 15) is 14.7 Å². The summed E-state index contributed by atoms with van der Waals surface area (Å²) >= 11 is 0. The van der Waals surface area contributed by atoms with Gasteiger partial charge < -0.3 is 10.4 Å². The highest BCUT2D eigenvalue weighted by molar-refractivity contribution is 6.12. The normalized spacial score (nSPS) is 17.9. The van der Waals surface area contributed by atoms with E-state index in [1.54, 1.807) is 48.5 Å². The van der Waals surface area contributed by atoms with Crippen molar-refractivity contribution in [1.82, 2.24) is 0 Å². The number of hydrogen-bond acceptors (Lipinski definition) is 3. The van der Waals surface area contributed by atoms with Gasteiger partial charge in [0.05, 0.1) is 5.69 Å². The second-order valence-electron chi connectivity index (χ2n) is 7.30. The van der Waals surface area contributed by atoms with E-state index in [2.05, 4.69) is 5.32 Å². The lowest BCUT2D eigenvalue weighted by Gasteiger charge is -2.23. The molecule has 1 heterocycles. The van der Waals surface area contributed by atoms with Gasteiger partial charge in [-0.2, -0.15) is 0 Å². The Morgan fingerprint density at radius 1 is 0.931 bits per heavy atom. The van der Waals surface area contributed by atoms with E-state index in [0.717, 1.165) is 16.8 Å². The molecule has 2 N–H and O–H groups in total. The zero-order chi connectivity index (χ0) is 20.6. The maximum atomic E-state index is 13.3. The first-order chi connectivity index (χ1) is 13.9. The molecule has 1 atom stereocenters. The third-order valence-corrected chi connectivity index (χ3v) is 5.38. The van der Waals surface area contributed by atoms with Crippen molar-refractivity contribution in [1.29, 1.82) is 0 Å². The molecule has 1 aliphatic rings. The van der Waals surface area contributed by atoms with Crippen LogP contribution in [0.3, 0.4) is 0 Å². The molecule has 0 unspecified atom stereocenters. The van der Waals surface area contributed by atoms with Crippen molar-refractivity contribution in [3.63, 3.8) is 0 Å². The average molecular weight is 386 g/mol. The number of carbonyl (C=O) groups excluding carboxylic acids is 2. The number of nitrogens with one attached hydrogen (secondary N) is 1. The fourth-order valence-electron chi connectivity index (χ4n) is 3.88. The third-order valence-electron chi connectivity index (χ3n) is 5.38. The zero-order valence-corrected chi connectivity index (χ0v) is 16.3. The van der Waals surface area contributed by atoms with Gasteiger partial charge in [-0.15, -0.1) is 0 Å². The van der Waals surface area contributed by atoms with Crippen LogP contribution in [0.15, 0.2) is 72.8 Å². The van der Waals surface area contributed by atoms with Gasteiger partial charge in [0.2, 0.25) is 5.91 Å². The van der Waals surface area contributed by atoms with Crippen molar-refractivity contribution in [2.75, 3.05) is 16.8 Å². The molecule has 0 saturated heterocycles. The summed E-state index contributed by atoms with van der Waals surface area (Å²) in [4.78, 5) is 27.4. The minimum atomic E-state index is -1.81. The van der Waals surface area contributed by atoms with Gasteiger partial charge in [0.1, 0.15) is 6.54 Å². The van der Waals surface area contributed by atoms with E-state index in [4.69, 9.17) is 0 Å². The second-order valence-corrected chi connectivity index (χ2v) is 7.30. The van der Waals surface area contributed by atoms with Gasteiger partial charge in [-0.25, -0.2) is 0 Å². The minimum absolute atomic E-state index is 0.182. The number of hydrogen-bond donors (Lipinski definition) is 2. The van der Waals surface area contributed by atoms with Crippen LogP contribution in [-0.4, -0.2) is 23.5 Å². The monoisotopic (exact) mass is 386 g/mol. The Bertz CT molecular complexity index is 1070. The SMILES string of the molecule is Cc1cccc(C)c1NC(=O)CN1C(=O)[C@@](O)(c2ccccc2)c2ccccc21. The van der Waals surface area contributed by atoms with Crippen molar-refractivity contribution in [2.45, 2.75) is 19.4 Å². The van der Waals surface area contributed by atoms with Gasteiger partial charge in [-0.05, 0) is 36.6 Å². The summed E-state index contributed by atoms with van der Waals surface area (Å²) in [6.07, 6.45) is 0. The van der Waals surface area contributed by atoms with E-state index in [-0.39, 0.29) is 12.5 Å². The van der Waals surface area contributed by atoms with Crippen molar-refractivity contribution < 1.29 is 14.7 Å². The molecule has 5 heteroatoms. The van der Waals surface area contributed by atoms with Crippen molar-refractivity contribution in [3.8, 4) is 0 Å². The summed E-state index contributed by atoms with van der Waals surface area (Å²) < 4.78 is 0. The highest BCUT2D eigenvalue weighted by Gasteiger charge is 2.51. The number of nitrogens with zero attached hydrogens (tertiary/aromatic N) is 1. The van der Waals surface area contributed by atoms with E-state index >= 15 is 0 Å². The first-order valence-electron chi connectivity index (χ1n) is 9.48. The molecule has 0 aromatic heterocycles. The molecule has 2 amide bonds. The lowest BCUT2D eigenvalue weighted by Crippen LogP contribution is -2.44. The lowest BCUT2D eigenvalue weighted by atomic mass is 9.88. The first-order valence-corrected chi connectivity index (χ1v) is 9.48. The highest BCUT2D eigenvalue weighted by atomic mass is 16.3. The Balaban J connectivity index is 1.67. The number of aliphatic hydroxyl groups is 1. The molecule has 146 valence electrons. The maximum Gasteiger partial charge on any atom is 0.268 e. The molecule has 4 rings (SSSR count). The van der Waals surface area contributed by atoms with Gasteiger partial charge in [0, 0.05) is 11.3 Å². The van der Waals surface area contributed by atoms with Crippen LogP contribution in [0.4, 0.5) is 11.4 Å². The fourth-order valence-corrected chi connectivity index (χ4v) is 3.88. The minimum Gasteiger partial charge on any atom is -0.372 e. The smallest absolute Gasteiger partial charge is 0.268 e. The number of benzene rings is 3. The van der Waals surface area contributed by atoms with Crippen LogP contribution < -0.4 is 10.2 Å². The molecule has 0 saturated carbocycles. The second kappa shape index (κ2) is 7.18. The molecule has 0 aliphatic carbocycles. The summed E-state index contributed by atoms with van der Waals surface area (Å²) in [7, 11) is 0. The standard InChI is InChI=1S/C24H22N2O3/c1-16-9-8-10-17(2)22(16)25-21(27)15-26-20-14-7-6-13-19(20)24(29,23(26)28)18-11-4-3-5-12-18/h3-14,29H,15H2,1-2H3,(H,25,27)/t24-/m1/s1. The summed E-state index contributed by atoms with van der Waals surface area (Å²) in [5.41, 5.74) is 2.35. The number of anilines is 2. The number of fused-ring (bicyclic) bond motifs is 1. The molecule has 0 radical (unpaired) electrons. The van der Waals surface area contributed by atoms with Gasteiger partial charge in [0.15, 0.2) is 5.60 Å². The number of aryl methyl sites for hydroxylation is 2. The summed E-state index contributed by atoms with van der Waals surface area (Å²) in [6.45, 7) is 3.67. The quantitative estimate of drug-likeness (QED) is 0.721. The third kappa shape index (κ3) is 3.09. The van der Waals surface area contributed by atoms with Crippen LogP contribution in [0.5, 0.6) is 0 Å². The number of para-hydroxylation sites is 2. The van der Waals surface area contributed by atoms with Crippen LogP contribution in [0.1, 0.15) is 22.3 Å². The Labute approximate surface area is 169 Å². The molecule has 0 fully saturated rings. The molecule has 1 aliphatic heterocycles. The molecule has 5 nitrogen and oxygen atoms in total. The van der Waals surface area contributed by atoms with Crippen LogP contribution in [0, 0.1) is 13.8 Å². The first kappa shape index (κ1) is 18.9. The summed E-state index contributed by atoms with van der Waals surface area (Å²) in [5.74, 6) is -0.843. The Morgan fingerprint density at radius 3 is 2.24 bits per heavy atom. The molecular formula is C24H22N2O3. The largest absolute Gasteiger partial charge is 0.372 e. The lowest BCUT2D eigenvalue weighted by molar-refractivity contribution is -0.133. The molecule has 0 spiro atoms. The van der Waals surface area contributed by atoms with Crippen molar-refractivity contribution in [3.05, 3.63) is 95.1 Å². The predicted octanol–water partition coefficient (Wildman–Crippen LogP) is 3.52. The van der Waals surface area contributed by atoms with Gasteiger partial charge in [-0.3, -0.25) is 14.5 Å². The van der Waals surface area contributed by atoms with Gasteiger partial charge >= 0.3 is 0 Å². The molecule has 3 aromatic rings. The number of carbonyl (C=O) groups is 2. The Morgan fingerprint density at radius 2 is 1.55 bits per heavy atom. The van der Waals surface area contributed by atoms with Crippen LogP contribution in [-0.2, 0) is 15.2 Å². The van der Waals surface area contributed by atoms with E-state index in [1.807, 2.05) is 38.1 Å². The van der Waals surface area contributed by atoms with E-state index in [0.29, 0.717) is 16.8 Å². The Kier molecular flexibility index (Phi) is 4.68. The van der Waals surface area contributed by atoms with Crippen LogP contribution >= 0.6 is 0 Å². The van der Waals surface area contributed by atoms with Gasteiger partial charge in [0.25, 0.3) is 5.91 Å². The van der Waals surface area contributed by atoms with E-state index in [1.165, 1.54) is 4.90 Å². The van der Waals surface area contributed by atoms with Crippen LogP contribution in [0.2, 0.25) is 0 Å². The maximum absolute atomic E-state index is 13.3. The predicted molar refractivity (Wildman–Crippen MR) is 113 cm³/mol. The topological polar surface area (TPSA) is 69.6 Å². The van der Waals surface area contributed by atoms with Crippen molar-refractivity contribution in [2.24, 2.45) is 0 Å². The molecule has 29 heavy (non-hydrogen) atoms. The summed E-state index contributed by atoms with van der Waals surface area (Å²) in [6, 6.07) is 21.6. The molecular weight excluding hydrogens is 364 g/mol. The molecule has 0 bridgehead atoms. The fraction of sp³-hybridized carbons (Fsp3) is 0.167. The van der Waals surface area contributed by atoms with E-state index < -0.39 is 11.5 Å². The molecule has 3 aromatic carbocycles. The van der Waals surface area contributed by atoms with Gasteiger partial charge in [-0.1, -0.05) is 66.7 Å². The zero-order valence-electron chi connectivity index (χ0n) is 16.3. The average Bonchev–Trinajstić information content (AvgIpc) is 2.94. The van der Waals surface area contributed by atoms with Crippen molar-refractivity contribution >= 4 is 23.2 Å². The highest BCUT2D eigenvalue weighted by Crippen LogP contribution is 2.44.